The number of hydrogen-bond donors (Lipinski definition) is 1. The molecule has 0 rings (SSSR count). The zero-order valence-electron chi connectivity index (χ0n) is 9.69. The van der Waals surface area contributed by atoms with E-state index in [0.29, 0.717) is 12.3 Å². The lowest BCUT2D eigenvalue weighted by Crippen LogP contribution is -2.33. The molecule has 90 valence electrons. The van der Waals surface area contributed by atoms with E-state index in [1.807, 2.05) is 13.8 Å². The Labute approximate surface area is 92.2 Å². The minimum absolute atomic E-state index is 0.0135. The fourth-order valence-electron chi connectivity index (χ4n) is 1.14. The van der Waals surface area contributed by atoms with Crippen molar-refractivity contribution >= 4 is 15.6 Å². The van der Waals surface area contributed by atoms with E-state index in [1.165, 1.54) is 0 Å². The number of rotatable bonds is 7. The summed E-state index contributed by atoms with van der Waals surface area (Å²) in [5.74, 6) is 0.273. The van der Waals surface area contributed by atoms with Crippen LogP contribution < -0.4 is 5.73 Å². The van der Waals surface area contributed by atoms with Gasteiger partial charge in [-0.05, 0) is 12.3 Å². The predicted octanol–water partition coefficient (Wildman–Crippen LogP) is 0.754. The predicted molar refractivity (Wildman–Crippen MR) is 61.4 cm³/mol. The van der Waals surface area contributed by atoms with Crippen LogP contribution >= 0.6 is 0 Å². The van der Waals surface area contributed by atoms with Gasteiger partial charge in [-0.25, -0.2) is 8.42 Å². The molecule has 4 nitrogen and oxygen atoms in total. The molecule has 0 aliphatic carbocycles. The normalized spacial score (nSPS) is 16.0. The first-order valence-electron chi connectivity index (χ1n) is 5.22. The van der Waals surface area contributed by atoms with Crippen molar-refractivity contribution in [1.29, 1.82) is 0 Å². The van der Waals surface area contributed by atoms with Crippen molar-refractivity contribution in [3.63, 3.8) is 0 Å². The second-order valence-corrected chi connectivity index (χ2v) is 6.47. The van der Waals surface area contributed by atoms with Crippen LogP contribution in [0.4, 0.5) is 0 Å². The molecule has 5 heteroatoms. The SMILES string of the molecule is CCC(C)CC(=O)C(N)CCS(C)(=O)=O. The maximum atomic E-state index is 11.5. The average molecular weight is 235 g/mol. The fraction of sp³-hybridized carbons (Fsp3) is 0.900. The van der Waals surface area contributed by atoms with Crippen LogP contribution in [0.5, 0.6) is 0 Å². The summed E-state index contributed by atoms with van der Waals surface area (Å²) in [4.78, 5) is 11.5. The van der Waals surface area contributed by atoms with Crippen molar-refractivity contribution in [2.45, 2.75) is 39.2 Å². The molecule has 0 saturated heterocycles. The van der Waals surface area contributed by atoms with E-state index < -0.39 is 15.9 Å². The fourth-order valence-corrected chi connectivity index (χ4v) is 1.82. The zero-order valence-corrected chi connectivity index (χ0v) is 10.5. The van der Waals surface area contributed by atoms with Gasteiger partial charge in [-0.3, -0.25) is 4.79 Å². The monoisotopic (exact) mass is 235 g/mol. The summed E-state index contributed by atoms with van der Waals surface area (Å²) in [7, 11) is -3.02. The molecule has 0 heterocycles. The van der Waals surface area contributed by atoms with Gasteiger partial charge in [0, 0.05) is 12.7 Å². The van der Waals surface area contributed by atoms with Crippen molar-refractivity contribution in [2.75, 3.05) is 12.0 Å². The van der Waals surface area contributed by atoms with Crippen LogP contribution in [0.2, 0.25) is 0 Å². The van der Waals surface area contributed by atoms with Crippen LogP contribution in [-0.2, 0) is 14.6 Å². The Bertz CT molecular complexity index is 298. The zero-order chi connectivity index (χ0) is 12.1. The van der Waals surface area contributed by atoms with Crippen LogP contribution in [0.25, 0.3) is 0 Å². The number of carbonyl (C=O) groups is 1. The van der Waals surface area contributed by atoms with E-state index in [4.69, 9.17) is 5.73 Å². The number of hydrogen-bond acceptors (Lipinski definition) is 4. The standard InChI is InChI=1S/C10H21NO3S/c1-4-8(2)7-10(12)9(11)5-6-15(3,13)14/h8-9H,4-7,11H2,1-3H3. The summed E-state index contributed by atoms with van der Waals surface area (Å²) < 4.78 is 21.7. The second-order valence-electron chi connectivity index (χ2n) is 4.21. The van der Waals surface area contributed by atoms with E-state index in [9.17, 15) is 13.2 Å². The molecular formula is C10H21NO3S. The van der Waals surface area contributed by atoms with Crippen LogP contribution in [0.3, 0.4) is 0 Å². The van der Waals surface area contributed by atoms with E-state index in [1.54, 1.807) is 0 Å². The molecule has 0 aromatic carbocycles. The lowest BCUT2D eigenvalue weighted by molar-refractivity contribution is -0.121. The average Bonchev–Trinajstić information content (AvgIpc) is 2.12. The summed E-state index contributed by atoms with van der Waals surface area (Å²) in [5.41, 5.74) is 5.61. The van der Waals surface area contributed by atoms with Crippen molar-refractivity contribution in [3.8, 4) is 0 Å². The highest BCUT2D eigenvalue weighted by molar-refractivity contribution is 7.90. The van der Waals surface area contributed by atoms with E-state index >= 15 is 0 Å². The van der Waals surface area contributed by atoms with Gasteiger partial charge >= 0.3 is 0 Å². The van der Waals surface area contributed by atoms with Gasteiger partial charge in [0.05, 0.1) is 11.8 Å². The third kappa shape index (κ3) is 7.50. The van der Waals surface area contributed by atoms with Gasteiger partial charge in [0.2, 0.25) is 0 Å². The van der Waals surface area contributed by atoms with E-state index in [2.05, 4.69) is 0 Å². The highest BCUT2D eigenvalue weighted by Gasteiger charge is 2.17. The van der Waals surface area contributed by atoms with Crippen LogP contribution in [-0.4, -0.2) is 32.3 Å². The molecule has 0 aliphatic heterocycles. The minimum atomic E-state index is -3.02. The lowest BCUT2D eigenvalue weighted by atomic mass is 9.97. The number of ketones is 1. The topological polar surface area (TPSA) is 77.2 Å². The number of Topliss-reactive ketones (excluding diaryl/α,β-unsaturated/α-hetero) is 1. The van der Waals surface area contributed by atoms with Gasteiger partial charge in [-0.1, -0.05) is 20.3 Å². The molecule has 0 aromatic rings. The number of sulfone groups is 1. The molecule has 0 bridgehead atoms. The van der Waals surface area contributed by atoms with Gasteiger partial charge in [-0.2, -0.15) is 0 Å². The second kappa shape index (κ2) is 6.23. The Morgan fingerprint density at radius 2 is 1.93 bits per heavy atom. The summed E-state index contributed by atoms with van der Waals surface area (Å²) >= 11 is 0. The summed E-state index contributed by atoms with van der Waals surface area (Å²) in [6.45, 7) is 4.00. The number of carbonyl (C=O) groups excluding carboxylic acids is 1. The van der Waals surface area contributed by atoms with Crippen molar-refractivity contribution < 1.29 is 13.2 Å². The molecule has 0 fully saturated rings. The van der Waals surface area contributed by atoms with E-state index in [0.717, 1.165) is 12.7 Å². The molecule has 0 amide bonds. The number of nitrogens with two attached hydrogens (primary N) is 1. The Kier molecular flexibility index (Phi) is 6.05. The molecule has 0 radical (unpaired) electrons. The molecule has 2 unspecified atom stereocenters. The van der Waals surface area contributed by atoms with Crippen LogP contribution in [0.15, 0.2) is 0 Å². The molecular weight excluding hydrogens is 214 g/mol. The first-order valence-corrected chi connectivity index (χ1v) is 7.28. The minimum Gasteiger partial charge on any atom is -0.321 e. The Balaban J connectivity index is 4.00. The largest absolute Gasteiger partial charge is 0.321 e. The van der Waals surface area contributed by atoms with Crippen molar-refractivity contribution in [2.24, 2.45) is 11.7 Å². The molecule has 2 N–H and O–H groups in total. The van der Waals surface area contributed by atoms with Gasteiger partial charge < -0.3 is 5.73 Å². The van der Waals surface area contributed by atoms with Crippen molar-refractivity contribution in [1.82, 2.24) is 0 Å². The Hall–Kier alpha value is -0.420. The Morgan fingerprint density at radius 1 is 1.40 bits per heavy atom. The van der Waals surface area contributed by atoms with Crippen LogP contribution in [0, 0.1) is 5.92 Å². The molecule has 0 saturated carbocycles. The van der Waals surface area contributed by atoms with E-state index in [-0.39, 0.29) is 18.0 Å². The van der Waals surface area contributed by atoms with Crippen molar-refractivity contribution in [3.05, 3.63) is 0 Å². The van der Waals surface area contributed by atoms with Crippen LogP contribution in [0.1, 0.15) is 33.1 Å². The summed E-state index contributed by atoms with van der Waals surface area (Å²) in [6, 6.07) is -0.631. The van der Waals surface area contributed by atoms with Gasteiger partial charge in [0.25, 0.3) is 0 Å². The maximum absolute atomic E-state index is 11.5. The lowest BCUT2D eigenvalue weighted by Gasteiger charge is -2.12. The highest BCUT2D eigenvalue weighted by atomic mass is 32.2. The molecule has 0 aromatic heterocycles. The molecule has 0 spiro atoms. The Morgan fingerprint density at radius 3 is 2.33 bits per heavy atom. The summed E-state index contributed by atoms with van der Waals surface area (Å²) in [5, 5.41) is 0. The van der Waals surface area contributed by atoms with Gasteiger partial charge in [-0.15, -0.1) is 0 Å². The third-order valence-electron chi connectivity index (χ3n) is 2.46. The first-order chi connectivity index (χ1) is 6.76. The summed E-state index contributed by atoms with van der Waals surface area (Å²) in [6.07, 6.45) is 2.76. The van der Waals surface area contributed by atoms with Gasteiger partial charge in [0.15, 0.2) is 0 Å². The molecule has 15 heavy (non-hydrogen) atoms. The smallest absolute Gasteiger partial charge is 0.149 e. The highest BCUT2D eigenvalue weighted by Crippen LogP contribution is 2.09. The first kappa shape index (κ1) is 14.6. The maximum Gasteiger partial charge on any atom is 0.149 e. The third-order valence-corrected chi connectivity index (χ3v) is 3.44. The molecule has 0 aliphatic rings. The quantitative estimate of drug-likeness (QED) is 0.706. The molecule has 2 atom stereocenters. The van der Waals surface area contributed by atoms with Gasteiger partial charge in [0.1, 0.15) is 15.6 Å².